The summed E-state index contributed by atoms with van der Waals surface area (Å²) in [5.41, 5.74) is 0.517. The molecule has 102 valence electrons. The van der Waals surface area contributed by atoms with Crippen LogP contribution in [0.3, 0.4) is 0 Å². The fourth-order valence-corrected chi connectivity index (χ4v) is 2.63. The highest BCUT2D eigenvalue weighted by Gasteiger charge is 2.17. The van der Waals surface area contributed by atoms with Crippen LogP contribution in [0, 0.1) is 5.92 Å². The molecule has 4 nitrogen and oxygen atoms in total. The highest BCUT2D eigenvalue weighted by molar-refractivity contribution is 6.00. The van der Waals surface area contributed by atoms with E-state index in [1.165, 1.54) is 31.7 Å². The maximum Gasteiger partial charge on any atom is 0.337 e. The van der Waals surface area contributed by atoms with E-state index in [0.29, 0.717) is 18.0 Å². The number of hydrogen-bond acceptors (Lipinski definition) is 2. The van der Waals surface area contributed by atoms with Crippen molar-refractivity contribution in [2.24, 2.45) is 5.92 Å². The molecule has 0 spiro atoms. The van der Waals surface area contributed by atoms with Crippen LogP contribution >= 0.6 is 0 Å². The third-order valence-electron chi connectivity index (χ3n) is 3.69. The van der Waals surface area contributed by atoms with Crippen LogP contribution in [-0.2, 0) is 4.79 Å². The van der Waals surface area contributed by atoms with Crippen molar-refractivity contribution < 1.29 is 14.7 Å². The molecule has 19 heavy (non-hydrogen) atoms. The second kappa shape index (κ2) is 6.36. The normalized spacial score (nSPS) is 15.4. The first-order valence-corrected chi connectivity index (χ1v) is 6.79. The van der Waals surface area contributed by atoms with Crippen LogP contribution in [-0.4, -0.2) is 17.0 Å². The Hall–Kier alpha value is -1.84. The van der Waals surface area contributed by atoms with E-state index in [1.807, 2.05) is 0 Å². The molecular formula is C15H19NO3. The Labute approximate surface area is 112 Å². The second-order valence-electron chi connectivity index (χ2n) is 5.09. The average molecular weight is 261 g/mol. The molecule has 0 aromatic heterocycles. The molecule has 1 aliphatic carbocycles. The van der Waals surface area contributed by atoms with Crippen LogP contribution in [0.4, 0.5) is 5.69 Å². The summed E-state index contributed by atoms with van der Waals surface area (Å²) in [5, 5.41) is 11.7. The zero-order valence-corrected chi connectivity index (χ0v) is 10.9. The van der Waals surface area contributed by atoms with Gasteiger partial charge in [0.2, 0.25) is 5.91 Å². The lowest BCUT2D eigenvalue weighted by atomic mass is 10.0. The van der Waals surface area contributed by atoms with Gasteiger partial charge in [-0.2, -0.15) is 0 Å². The van der Waals surface area contributed by atoms with Crippen molar-refractivity contribution in [1.29, 1.82) is 0 Å². The SMILES string of the molecule is O=C(CCC1CCCC1)Nc1ccccc1C(=O)O. The van der Waals surface area contributed by atoms with E-state index >= 15 is 0 Å². The summed E-state index contributed by atoms with van der Waals surface area (Å²) in [6.07, 6.45) is 6.36. The first-order chi connectivity index (χ1) is 9.16. The van der Waals surface area contributed by atoms with Crippen molar-refractivity contribution >= 4 is 17.6 Å². The van der Waals surface area contributed by atoms with Crippen LogP contribution < -0.4 is 5.32 Å². The van der Waals surface area contributed by atoms with Crippen molar-refractivity contribution in [1.82, 2.24) is 0 Å². The molecular weight excluding hydrogens is 242 g/mol. The predicted octanol–water partition coefficient (Wildman–Crippen LogP) is 3.29. The zero-order chi connectivity index (χ0) is 13.7. The number of rotatable bonds is 5. The van der Waals surface area contributed by atoms with Crippen molar-refractivity contribution in [3.8, 4) is 0 Å². The summed E-state index contributed by atoms with van der Waals surface area (Å²) in [5.74, 6) is -0.451. The smallest absolute Gasteiger partial charge is 0.337 e. The van der Waals surface area contributed by atoms with Gasteiger partial charge in [-0.25, -0.2) is 4.79 Å². The van der Waals surface area contributed by atoms with Gasteiger partial charge in [-0.1, -0.05) is 37.8 Å². The lowest BCUT2D eigenvalue weighted by Crippen LogP contribution is -2.15. The molecule has 0 heterocycles. The molecule has 2 rings (SSSR count). The van der Waals surface area contributed by atoms with Crippen molar-refractivity contribution in [2.75, 3.05) is 5.32 Å². The standard InChI is InChI=1S/C15H19NO3/c17-14(10-9-11-5-1-2-6-11)16-13-8-4-3-7-12(13)15(18)19/h3-4,7-8,11H,1-2,5-6,9-10H2,(H,16,17)(H,18,19). The second-order valence-corrected chi connectivity index (χ2v) is 5.09. The highest BCUT2D eigenvalue weighted by Crippen LogP contribution is 2.28. The van der Waals surface area contributed by atoms with Crippen LogP contribution in [0.2, 0.25) is 0 Å². The van der Waals surface area contributed by atoms with Gasteiger partial charge in [-0.3, -0.25) is 4.79 Å². The molecule has 2 N–H and O–H groups in total. The fourth-order valence-electron chi connectivity index (χ4n) is 2.63. The Morgan fingerprint density at radius 1 is 1.21 bits per heavy atom. The Balaban J connectivity index is 1.89. The molecule has 1 aliphatic rings. The number of hydrogen-bond donors (Lipinski definition) is 2. The molecule has 0 radical (unpaired) electrons. The summed E-state index contributed by atoms with van der Waals surface area (Å²) in [4.78, 5) is 22.9. The van der Waals surface area contributed by atoms with Gasteiger partial charge in [-0.05, 0) is 24.5 Å². The molecule has 4 heteroatoms. The summed E-state index contributed by atoms with van der Waals surface area (Å²) in [6, 6.07) is 6.49. The van der Waals surface area contributed by atoms with Gasteiger partial charge in [0.15, 0.2) is 0 Å². The first kappa shape index (κ1) is 13.6. The summed E-state index contributed by atoms with van der Waals surface area (Å²) >= 11 is 0. The van der Waals surface area contributed by atoms with Gasteiger partial charge >= 0.3 is 5.97 Å². The molecule has 1 saturated carbocycles. The van der Waals surface area contributed by atoms with E-state index < -0.39 is 5.97 Å². The Morgan fingerprint density at radius 3 is 2.58 bits per heavy atom. The van der Waals surface area contributed by atoms with Crippen molar-refractivity contribution in [3.05, 3.63) is 29.8 Å². The van der Waals surface area contributed by atoms with Gasteiger partial charge in [0, 0.05) is 6.42 Å². The summed E-state index contributed by atoms with van der Waals surface area (Å²) in [7, 11) is 0. The maximum absolute atomic E-state index is 11.8. The number of para-hydroxylation sites is 1. The fraction of sp³-hybridized carbons (Fsp3) is 0.467. The van der Waals surface area contributed by atoms with Gasteiger partial charge < -0.3 is 10.4 Å². The monoisotopic (exact) mass is 261 g/mol. The lowest BCUT2D eigenvalue weighted by molar-refractivity contribution is -0.116. The van der Waals surface area contributed by atoms with Crippen LogP contribution in [0.25, 0.3) is 0 Å². The number of carboxylic acids is 1. The number of benzene rings is 1. The van der Waals surface area contributed by atoms with Gasteiger partial charge in [0.25, 0.3) is 0 Å². The molecule has 1 amide bonds. The van der Waals surface area contributed by atoms with E-state index in [0.717, 1.165) is 6.42 Å². The third-order valence-corrected chi connectivity index (χ3v) is 3.69. The number of aromatic carboxylic acids is 1. The van der Waals surface area contributed by atoms with Crippen molar-refractivity contribution in [3.63, 3.8) is 0 Å². The molecule has 0 saturated heterocycles. The van der Waals surface area contributed by atoms with E-state index in [9.17, 15) is 9.59 Å². The number of carboxylic acid groups (broad SMARTS) is 1. The van der Waals surface area contributed by atoms with Crippen LogP contribution in [0.1, 0.15) is 48.9 Å². The maximum atomic E-state index is 11.8. The van der Waals surface area contributed by atoms with E-state index in [4.69, 9.17) is 5.11 Å². The molecule has 0 unspecified atom stereocenters. The molecule has 0 aliphatic heterocycles. The minimum Gasteiger partial charge on any atom is -0.478 e. The first-order valence-electron chi connectivity index (χ1n) is 6.79. The zero-order valence-electron chi connectivity index (χ0n) is 10.9. The molecule has 1 aromatic rings. The topological polar surface area (TPSA) is 66.4 Å². The van der Waals surface area contributed by atoms with E-state index in [1.54, 1.807) is 18.2 Å². The molecule has 0 bridgehead atoms. The minimum absolute atomic E-state index is 0.0967. The molecule has 0 atom stereocenters. The Kier molecular flexibility index (Phi) is 4.55. The number of anilines is 1. The number of carbonyl (C=O) groups is 2. The largest absolute Gasteiger partial charge is 0.478 e. The molecule has 1 aromatic carbocycles. The van der Waals surface area contributed by atoms with E-state index in [2.05, 4.69) is 5.32 Å². The van der Waals surface area contributed by atoms with Gasteiger partial charge in [-0.15, -0.1) is 0 Å². The number of nitrogens with one attached hydrogen (secondary N) is 1. The van der Waals surface area contributed by atoms with E-state index in [-0.39, 0.29) is 11.5 Å². The van der Waals surface area contributed by atoms with Crippen LogP contribution in [0.15, 0.2) is 24.3 Å². The summed E-state index contributed by atoms with van der Waals surface area (Å²) < 4.78 is 0. The number of amides is 1. The van der Waals surface area contributed by atoms with Gasteiger partial charge in [0.1, 0.15) is 0 Å². The summed E-state index contributed by atoms with van der Waals surface area (Å²) in [6.45, 7) is 0. The highest BCUT2D eigenvalue weighted by atomic mass is 16.4. The lowest BCUT2D eigenvalue weighted by Gasteiger charge is -2.10. The predicted molar refractivity (Wildman–Crippen MR) is 73.2 cm³/mol. The third kappa shape index (κ3) is 3.81. The Bertz CT molecular complexity index is 464. The minimum atomic E-state index is -1.02. The Morgan fingerprint density at radius 2 is 1.89 bits per heavy atom. The molecule has 1 fully saturated rings. The quantitative estimate of drug-likeness (QED) is 0.854. The van der Waals surface area contributed by atoms with Crippen LogP contribution in [0.5, 0.6) is 0 Å². The number of carbonyl (C=O) groups excluding carboxylic acids is 1. The average Bonchev–Trinajstić information content (AvgIpc) is 2.90. The van der Waals surface area contributed by atoms with Gasteiger partial charge in [0.05, 0.1) is 11.3 Å². The van der Waals surface area contributed by atoms with Crippen molar-refractivity contribution in [2.45, 2.75) is 38.5 Å².